The Kier molecular flexibility index (Phi) is 6.98. The van der Waals surface area contributed by atoms with E-state index < -0.39 is 5.91 Å². The Labute approximate surface area is 165 Å². The molecule has 0 bridgehead atoms. The summed E-state index contributed by atoms with van der Waals surface area (Å²) < 4.78 is 6.74. The van der Waals surface area contributed by atoms with E-state index in [4.69, 9.17) is 22.1 Å². The van der Waals surface area contributed by atoms with Crippen molar-refractivity contribution in [3.8, 4) is 5.75 Å². The molecule has 2 aromatic carbocycles. The summed E-state index contributed by atoms with van der Waals surface area (Å²) in [5, 5.41) is 4.45. The molecule has 25 heavy (non-hydrogen) atoms. The number of hydrogen-bond donors (Lipinski definition) is 2. The molecule has 0 aliphatic rings. The van der Waals surface area contributed by atoms with E-state index in [1.165, 1.54) is 6.21 Å². The van der Waals surface area contributed by atoms with Gasteiger partial charge in [0.15, 0.2) is 6.61 Å². The van der Waals surface area contributed by atoms with Crippen LogP contribution in [0.4, 0.5) is 0 Å². The molecular formula is C16H12Br2ClN3O3. The predicted molar refractivity (Wildman–Crippen MR) is 103 cm³/mol. The molecule has 9 heteroatoms. The third kappa shape index (κ3) is 5.84. The molecule has 0 atom stereocenters. The maximum atomic E-state index is 12.0. The molecule has 0 heterocycles. The van der Waals surface area contributed by atoms with Gasteiger partial charge in [0.05, 0.1) is 10.7 Å². The Morgan fingerprint density at radius 3 is 2.56 bits per heavy atom. The first-order chi connectivity index (χ1) is 11.9. The maximum absolute atomic E-state index is 12.0. The fourth-order valence-electron chi connectivity index (χ4n) is 1.80. The van der Waals surface area contributed by atoms with Crippen molar-refractivity contribution in [1.29, 1.82) is 0 Å². The topological polar surface area (TPSA) is 93.8 Å². The second-order valence-corrected chi connectivity index (χ2v) is 6.97. The second-order valence-electron chi connectivity index (χ2n) is 4.77. The van der Waals surface area contributed by atoms with Crippen LogP contribution in [0.2, 0.25) is 5.02 Å². The molecular weight excluding hydrogens is 477 g/mol. The zero-order chi connectivity index (χ0) is 18.4. The highest BCUT2D eigenvalue weighted by atomic mass is 79.9. The standard InChI is InChI=1S/C16H12Br2ClN3O3/c17-11-5-10(15(13(18)6-11)25-8-14(20)23)7-21-22-16(24)9-1-3-12(19)4-2-9/h1-7H,8H2,(H2,20,23)(H,22,24)/b21-7+. The molecule has 0 radical (unpaired) electrons. The molecule has 0 aromatic heterocycles. The number of hydrogen-bond acceptors (Lipinski definition) is 4. The molecule has 0 unspecified atom stereocenters. The van der Waals surface area contributed by atoms with Gasteiger partial charge in [-0.05, 0) is 52.3 Å². The van der Waals surface area contributed by atoms with Crippen molar-refractivity contribution in [1.82, 2.24) is 5.43 Å². The summed E-state index contributed by atoms with van der Waals surface area (Å²) in [7, 11) is 0. The van der Waals surface area contributed by atoms with Gasteiger partial charge in [0.2, 0.25) is 0 Å². The summed E-state index contributed by atoms with van der Waals surface area (Å²) in [6, 6.07) is 9.87. The lowest BCUT2D eigenvalue weighted by atomic mass is 10.2. The molecule has 130 valence electrons. The fraction of sp³-hybridized carbons (Fsp3) is 0.0625. The molecule has 0 saturated heterocycles. The largest absolute Gasteiger partial charge is 0.482 e. The van der Waals surface area contributed by atoms with Crippen molar-refractivity contribution < 1.29 is 14.3 Å². The van der Waals surface area contributed by atoms with Gasteiger partial charge >= 0.3 is 0 Å². The van der Waals surface area contributed by atoms with Gasteiger partial charge < -0.3 is 10.5 Å². The number of nitrogens with two attached hydrogens (primary N) is 1. The Hall–Kier alpha value is -1.90. The smallest absolute Gasteiger partial charge is 0.271 e. The van der Waals surface area contributed by atoms with E-state index >= 15 is 0 Å². The van der Waals surface area contributed by atoms with Crippen LogP contribution in [0.1, 0.15) is 15.9 Å². The molecule has 2 amide bonds. The number of rotatable bonds is 6. The van der Waals surface area contributed by atoms with E-state index in [1.807, 2.05) is 0 Å². The lowest BCUT2D eigenvalue weighted by molar-refractivity contribution is -0.119. The summed E-state index contributed by atoms with van der Waals surface area (Å²) in [6.07, 6.45) is 1.40. The second kappa shape index (κ2) is 8.98. The fourth-order valence-corrected chi connectivity index (χ4v) is 3.30. The first-order valence-corrected chi connectivity index (χ1v) is 8.82. The average molecular weight is 490 g/mol. The van der Waals surface area contributed by atoms with Crippen LogP contribution in [0.5, 0.6) is 5.75 Å². The highest BCUT2D eigenvalue weighted by molar-refractivity contribution is 9.11. The molecule has 2 rings (SSSR count). The molecule has 6 nitrogen and oxygen atoms in total. The quantitative estimate of drug-likeness (QED) is 0.481. The number of amides is 2. The van der Waals surface area contributed by atoms with Gasteiger partial charge in [-0.15, -0.1) is 0 Å². The van der Waals surface area contributed by atoms with Crippen molar-refractivity contribution in [2.45, 2.75) is 0 Å². The van der Waals surface area contributed by atoms with Crippen LogP contribution < -0.4 is 15.9 Å². The minimum absolute atomic E-state index is 0.280. The lowest BCUT2D eigenvalue weighted by Gasteiger charge is -2.10. The van der Waals surface area contributed by atoms with Crippen molar-refractivity contribution >= 4 is 61.5 Å². The van der Waals surface area contributed by atoms with Crippen LogP contribution in [0.3, 0.4) is 0 Å². The number of primary amides is 1. The van der Waals surface area contributed by atoms with Gasteiger partial charge in [0, 0.05) is 20.6 Å². The number of nitrogens with zero attached hydrogens (tertiary/aromatic N) is 1. The first-order valence-electron chi connectivity index (χ1n) is 6.86. The molecule has 3 N–H and O–H groups in total. The molecule has 0 aliphatic carbocycles. The minimum Gasteiger partial charge on any atom is -0.482 e. The Morgan fingerprint density at radius 2 is 1.92 bits per heavy atom. The third-order valence-corrected chi connectivity index (χ3v) is 4.17. The van der Waals surface area contributed by atoms with E-state index in [-0.39, 0.29) is 12.5 Å². The lowest BCUT2D eigenvalue weighted by Crippen LogP contribution is -2.21. The summed E-state index contributed by atoms with van der Waals surface area (Å²) in [4.78, 5) is 22.9. The summed E-state index contributed by atoms with van der Waals surface area (Å²) in [5.74, 6) is -0.609. The van der Waals surface area contributed by atoms with Crippen LogP contribution in [0.15, 0.2) is 50.4 Å². The monoisotopic (exact) mass is 487 g/mol. The van der Waals surface area contributed by atoms with Gasteiger partial charge in [0.25, 0.3) is 11.8 Å². The normalized spacial score (nSPS) is 10.7. The van der Waals surface area contributed by atoms with Crippen LogP contribution in [0.25, 0.3) is 0 Å². The minimum atomic E-state index is -0.603. The number of benzene rings is 2. The highest BCUT2D eigenvalue weighted by Gasteiger charge is 2.11. The molecule has 0 aliphatic heterocycles. The van der Waals surface area contributed by atoms with Crippen molar-refractivity contribution in [2.75, 3.05) is 6.61 Å². The Morgan fingerprint density at radius 1 is 1.24 bits per heavy atom. The van der Waals surface area contributed by atoms with Crippen LogP contribution in [-0.2, 0) is 4.79 Å². The third-order valence-electron chi connectivity index (χ3n) is 2.87. The van der Waals surface area contributed by atoms with E-state index in [0.717, 1.165) is 4.47 Å². The van der Waals surface area contributed by atoms with Gasteiger partial charge in [0.1, 0.15) is 5.75 Å². The Balaban J connectivity index is 2.15. The van der Waals surface area contributed by atoms with Crippen molar-refractivity contribution in [2.24, 2.45) is 10.8 Å². The zero-order valence-electron chi connectivity index (χ0n) is 12.6. The highest BCUT2D eigenvalue weighted by Crippen LogP contribution is 2.32. The molecule has 2 aromatic rings. The number of carbonyl (C=O) groups excluding carboxylic acids is 2. The molecule has 0 spiro atoms. The van der Waals surface area contributed by atoms with E-state index in [9.17, 15) is 9.59 Å². The Bertz CT molecular complexity index is 826. The zero-order valence-corrected chi connectivity index (χ0v) is 16.6. The maximum Gasteiger partial charge on any atom is 0.271 e. The van der Waals surface area contributed by atoms with Gasteiger partial charge in [-0.3, -0.25) is 9.59 Å². The summed E-state index contributed by atoms with van der Waals surface area (Å²) in [6.45, 7) is -0.280. The number of halogens is 3. The van der Waals surface area contributed by atoms with E-state index in [0.29, 0.717) is 26.4 Å². The number of hydrazone groups is 1. The van der Waals surface area contributed by atoms with Crippen LogP contribution in [0, 0.1) is 0 Å². The molecule has 0 fully saturated rings. The summed E-state index contributed by atoms with van der Waals surface area (Å²) in [5.41, 5.74) is 8.46. The van der Waals surface area contributed by atoms with Gasteiger partial charge in [-0.25, -0.2) is 5.43 Å². The van der Waals surface area contributed by atoms with E-state index in [1.54, 1.807) is 36.4 Å². The predicted octanol–water partition coefficient (Wildman–Crippen LogP) is 3.49. The number of ether oxygens (including phenoxy) is 1. The molecule has 0 saturated carbocycles. The van der Waals surface area contributed by atoms with E-state index in [2.05, 4.69) is 42.4 Å². The SMILES string of the molecule is NC(=O)COc1c(Br)cc(Br)cc1/C=N/NC(=O)c1ccc(Cl)cc1. The van der Waals surface area contributed by atoms with Crippen LogP contribution in [-0.4, -0.2) is 24.6 Å². The van der Waals surface area contributed by atoms with Crippen molar-refractivity contribution in [3.63, 3.8) is 0 Å². The average Bonchev–Trinajstić information content (AvgIpc) is 2.54. The van der Waals surface area contributed by atoms with Crippen molar-refractivity contribution in [3.05, 3.63) is 61.5 Å². The van der Waals surface area contributed by atoms with Crippen LogP contribution >= 0.6 is 43.5 Å². The number of nitrogens with one attached hydrogen (secondary N) is 1. The number of carbonyl (C=O) groups is 2. The first kappa shape index (κ1) is 19.4. The van der Waals surface area contributed by atoms with Gasteiger partial charge in [-0.2, -0.15) is 5.10 Å². The summed E-state index contributed by atoms with van der Waals surface area (Å²) >= 11 is 12.5. The van der Waals surface area contributed by atoms with Gasteiger partial charge in [-0.1, -0.05) is 27.5 Å².